The van der Waals surface area contributed by atoms with Crippen molar-refractivity contribution in [2.75, 3.05) is 0 Å². The lowest BCUT2D eigenvalue weighted by molar-refractivity contribution is 0.602. The fourth-order valence-corrected chi connectivity index (χ4v) is 6.08. The maximum atomic E-state index is 4.91. The van der Waals surface area contributed by atoms with Crippen LogP contribution < -0.4 is 0 Å². The highest BCUT2D eigenvalue weighted by Gasteiger charge is 2.12. The standard InChI is InChI=1S/C41H36N4/c1-2-3-4-11-26-45-40-15-6-5-12-34(40)35-27-31(20-23-41(35)45)17-16-30-18-21-32(22-19-30)33-28-38(36-13-7-9-24-42-36)44-39(29-33)37-14-8-10-25-43-37/h5-10,12-25,27-29H,2-4,11,26H2,1H3/b17-16+. The molecule has 0 N–H and O–H groups in total. The first-order valence-corrected chi connectivity index (χ1v) is 15.9. The second-order valence-electron chi connectivity index (χ2n) is 11.5. The molecule has 7 aromatic rings. The number of pyridine rings is 3. The maximum absolute atomic E-state index is 4.91. The Bertz CT molecular complexity index is 2020. The number of unbranched alkanes of at least 4 members (excludes halogenated alkanes) is 3. The summed E-state index contributed by atoms with van der Waals surface area (Å²) in [5.74, 6) is 0. The molecule has 220 valence electrons. The molecule has 45 heavy (non-hydrogen) atoms. The maximum Gasteiger partial charge on any atom is 0.0900 e. The average molecular weight is 585 g/mol. The van der Waals surface area contributed by atoms with Crippen LogP contribution in [0.4, 0.5) is 0 Å². The second-order valence-corrected chi connectivity index (χ2v) is 11.5. The lowest BCUT2D eigenvalue weighted by Gasteiger charge is -2.09. The third-order valence-electron chi connectivity index (χ3n) is 8.42. The summed E-state index contributed by atoms with van der Waals surface area (Å²) in [5.41, 5.74) is 10.5. The molecule has 0 atom stereocenters. The van der Waals surface area contributed by atoms with E-state index >= 15 is 0 Å². The minimum Gasteiger partial charge on any atom is -0.340 e. The van der Waals surface area contributed by atoms with Crippen molar-refractivity contribution in [2.24, 2.45) is 0 Å². The summed E-state index contributed by atoms with van der Waals surface area (Å²) in [4.78, 5) is 14.0. The van der Waals surface area contributed by atoms with Crippen molar-refractivity contribution in [3.63, 3.8) is 0 Å². The van der Waals surface area contributed by atoms with Crippen molar-refractivity contribution >= 4 is 34.0 Å². The molecule has 0 bridgehead atoms. The summed E-state index contributed by atoms with van der Waals surface area (Å²) in [6.07, 6.45) is 13.1. The number of rotatable bonds is 10. The fraction of sp³-hybridized carbons (Fsp3) is 0.146. The fourth-order valence-electron chi connectivity index (χ4n) is 6.08. The molecule has 3 aromatic carbocycles. The molecular weight excluding hydrogens is 548 g/mol. The largest absolute Gasteiger partial charge is 0.340 e. The molecule has 4 nitrogen and oxygen atoms in total. The first-order valence-electron chi connectivity index (χ1n) is 15.9. The van der Waals surface area contributed by atoms with Gasteiger partial charge in [-0.2, -0.15) is 0 Å². The van der Waals surface area contributed by atoms with Crippen LogP contribution in [0.1, 0.15) is 43.7 Å². The Labute approximate surface area is 264 Å². The number of fused-ring (bicyclic) bond motifs is 3. The van der Waals surface area contributed by atoms with Crippen molar-refractivity contribution in [3.05, 3.63) is 139 Å². The van der Waals surface area contributed by atoms with E-state index in [9.17, 15) is 0 Å². The molecular formula is C41H36N4. The third kappa shape index (κ3) is 6.18. The van der Waals surface area contributed by atoms with Crippen molar-refractivity contribution in [3.8, 4) is 33.9 Å². The Morgan fingerprint density at radius 1 is 0.533 bits per heavy atom. The Kier molecular flexibility index (Phi) is 8.28. The van der Waals surface area contributed by atoms with Crippen LogP contribution in [0.25, 0.3) is 67.9 Å². The zero-order chi connectivity index (χ0) is 30.4. The predicted molar refractivity (Wildman–Crippen MR) is 189 cm³/mol. The summed E-state index contributed by atoms with van der Waals surface area (Å²) in [7, 11) is 0. The molecule has 0 aliphatic rings. The number of benzene rings is 3. The quantitative estimate of drug-likeness (QED) is 0.119. The van der Waals surface area contributed by atoms with Gasteiger partial charge in [0.25, 0.3) is 0 Å². The molecule has 0 fully saturated rings. The molecule has 0 amide bonds. The average Bonchev–Trinajstić information content (AvgIpc) is 3.42. The summed E-state index contributed by atoms with van der Waals surface area (Å²) >= 11 is 0. The van der Waals surface area contributed by atoms with Crippen LogP contribution in [-0.4, -0.2) is 19.5 Å². The number of aromatic nitrogens is 4. The molecule has 0 unspecified atom stereocenters. The van der Waals surface area contributed by atoms with Crippen molar-refractivity contribution in [1.29, 1.82) is 0 Å². The Balaban J connectivity index is 1.16. The highest BCUT2D eigenvalue weighted by Crippen LogP contribution is 2.32. The van der Waals surface area contributed by atoms with Crippen LogP contribution in [0.3, 0.4) is 0 Å². The van der Waals surface area contributed by atoms with Gasteiger partial charge in [0.2, 0.25) is 0 Å². The molecule has 0 aliphatic carbocycles. The molecule has 0 saturated carbocycles. The minimum atomic E-state index is 0.829. The van der Waals surface area contributed by atoms with Gasteiger partial charge in [-0.15, -0.1) is 0 Å². The SMILES string of the molecule is CCCCCCn1c2ccccc2c2cc(/C=C/c3ccc(-c4cc(-c5ccccn5)nc(-c5ccccn5)c4)cc3)ccc21. The van der Waals surface area contributed by atoms with E-state index in [1.165, 1.54) is 53.1 Å². The van der Waals surface area contributed by atoms with Crippen molar-refractivity contribution in [1.82, 2.24) is 19.5 Å². The summed E-state index contributed by atoms with van der Waals surface area (Å²) in [5, 5.41) is 2.65. The Morgan fingerprint density at radius 3 is 1.87 bits per heavy atom. The van der Waals surface area contributed by atoms with Crippen molar-refractivity contribution in [2.45, 2.75) is 39.2 Å². The molecule has 4 aromatic heterocycles. The molecule has 0 radical (unpaired) electrons. The van der Waals surface area contributed by atoms with Crippen LogP contribution >= 0.6 is 0 Å². The van der Waals surface area contributed by atoms with E-state index in [4.69, 9.17) is 4.98 Å². The first-order chi connectivity index (χ1) is 22.3. The second kappa shape index (κ2) is 13.1. The van der Waals surface area contributed by atoms with E-state index < -0.39 is 0 Å². The van der Waals surface area contributed by atoms with Gasteiger partial charge < -0.3 is 4.57 Å². The molecule has 4 heteroatoms. The van der Waals surface area contributed by atoms with Gasteiger partial charge in [-0.1, -0.05) is 99.0 Å². The van der Waals surface area contributed by atoms with Gasteiger partial charge in [-0.05, 0) is 83.3 Å². The number of nitrogens with zero attached hydrogens (tertiary/aromatic N) is 4. The summed E-state index contributed by atoms with van der Waals surface area (Å²) in [6.45, 7) is 3.33. The van der Waals surface area contributed by atoms with E-state index in [2.05, 4.69) is 112 Å². The van der Waals surface area contributed by atoms with Crippen LogP contribution in [0.5, 0.6) is 0 Å². The smallest absolute Gasteiger partial charge is 0.0900 e. The molecule has 0 spiro atoms. The Morgan fingerprint density at radius 2 is 1.18 bits per heavy atom. The predicted octanol–water partition coefficient (Wildman–Crippen LogP) is 10.7. The van der Waals surface area contributed by atoms with Crippen LogP contribution in [-0.2, 0) is 6.54 Å². The van der Waals surface area contributed by atoms with Gasteiger partial charge in [0.15, 0.2) is 0 Å². The van der Waals surface area contributed by atoms with Crippen molar-refractivity contribution < 1.29 is 0 Å². The number of hydrogen-bond acceptors (Lipinski definition) is 3. The summed E-state index contributed by atoms with van der Waals surface area (Å²) < 4.78 is 2.50. The zero-order valence-electron chi connectivity index (χ0n) is 25.6. The third-order valence-corrected chi connectivity index (χ3v) is 8.42. The van der Waals surface area contributed by atoms with Gasteiger partial charge >= 0.3 is 0 Å². The van der Waals surface area contributed by atoms with Gasteiger partial charge in [-0.3, -0.25) is 9.97 Å². The van der Waals surface area contributed by atoms with Crippen LogP contribution in [0.2, 0.25) is 0 Å². The monoisotopic (exact) mass is 584 g/mol. The van der Waals surface area contributed by atoms with E-state index in [-0.39, 0.29) is 0 Å². The van der Waals surface area contributed by atoms with Gasteiger partial charge in [0, 0.05) is 40.7 Å². The number of hydrogen-bond donors (Lipinski definition) is 0. The normalized spacial score (nSPS) is 11.6. The lowest BCUT2D eigenvalue weighted by atomic mass is 10.0. The van der Waals surface area contributed by atoms with E-state index in [1.54, 1.807) is 12.4 Å². The molecule has 7 rings (SSSR count). The number of para-hydroxylation sites is 1. The Hall–Kier alpha value is -5.35. The van der Waals surface area contributed by atoms with E-state index in [0.717, 1.165) is 46.0 Å². The first kappa shape index (κ1) is 28.4. The van der Waals surface area contributed by atoms with Crippen LogP contribution in [0, 0.1) is 0 Å². The summed E-state index contributed by atoms with van der Waals surface area (Å²) in [6, 6.07) is 40.4. The highest BCUT2D eigenvalue weighted by atomic mass is 15.0. The lowest BCUT2D eigenvalue weighted by Crippen LogP contribution is -1.97. The molecule has 4 heterocycles. The molecule has 0 saturated heterocycles. The van der Waals surface area contributed by atoms with Gasteiger partial charge in [-0.25, -0.2) is 4.98 Å². The van der Waals surface area contributed by atoms with Gasteiger partial charge in [0.05, 0.1) is 22.8 Å². The van der Waals surface area contributed by atoms with Gasteiger partial charge in [0.1, 0.15) is 0 Å². The topological polar surface area (TPSA) is 43.6 Å². The molecule has 0 aliphatic heterocycles. The zero-order valence-corrected chi connectivity index (χ0v) is 25.6. The van der Waals surface area contributed by atoms with Crippen LogP contribution in [0.15, 0.2) is 128 Å². The number of aryl methyl sites for hydroxylation is 1. The minimum absolute atomic E-state index is 0.829. The highest BCUT2D eigenvalue weighted by molar-refractivity contribution is 6.08. The van der Waals surface area contributed by atoms with E-state index in [1.807, 2.05) is 36.4 Å². The van der Waals surface area contributed by atoms with E-state index in [0.29, 0.717) is 0 Å².